The van der Waals surface area contributed by atoms with E-state index in [4.69, 9.17) is 0 Å². The van der Waals surface area contributed by atoms with E-state index in [9.17, 15) is 18.0 Å². The number of urea groups is 1. The molecule has 0 saturated carbocycles. The van der Waals surface area contributed by atoms with Crippen molar-refractivity contribution in [2.75, 3.05) is 10.7 Å². The molecule has 46 heavy (non-hydrogen) atoms. The van der Waals surface area contributed by atoms with Crippen molar-refractivity contribution in [2.45, 2.75) is 71.8 Å². The number of nitrogens with zero attached hydrogens (tertiary/aromatic N) is 5. The summed E-state index contributed by atoms with van der Waals surface area (Å²) in [5.41, 5.74) is 4.96. The van der Waals surface area contributed by atoms with E-state index in [-0.39, 0.29) is 11.8 Å². The summed E-state index contributed by atoms with van der Waals surface area (Å²) in [5, 5.41) is 8.25. The topological polar surface area (TPSA) is 84.6 Å². The van der Waals surface area contributed by atoms with Gasteiger partial charge in [-0.1, -0.05) is 61.5 Å². The normalized spacial score (nSPS) is 16.5. The maximum atomic E-state index is 13.4. The van der Waals surface area contributed by atoms with Crippen LogP contribution in [0.5, 0.6) is 5.75 Å². The molecule has 1 fully saturated rings. The SMILES string of the molecule is CCCc1ccc(C)cc1N1C(=NC(=O)NC(C)(C)c2ccc(-c3ncn(-c4ccc(OC(F)(F)F)cc4)n3)cc2)SCCC1C. The van der Waals surface area contributed by atoms with Crippen molar-refractivity contribution in [2.24, 2.45) is 4.99 Å². The second kappa shape index (κ2) is 13.6. The number of carbonyl (C=O) groups excluding carboxylic acids is 1. The van der Waals surface area contributed by atoms with Crippen LogP contribution in [0.4, 0.5) is 23.7 Å². The Morgan fingerprint density at radius 2 is 1.80 bits per heavy atom. The third-order valence-corrected chi connectivity index (χ3v) is 8.73. The molecule has 242 valence electrons. The van der Waals surface area contributed by atoms with Crippen molar-refractivity contribution in [1.29, 1.82) is 0 Å². The van der Waals surface area contributed by atoms with Gasteiger partial charge in [0.15, 0.2) is 11.0 Å². The average molecular weight is 651 g/mol. The molecule has 2 amide bonds. The fraction of sp³-hybridized carbons (Fsp3) is 0.353. The number of thioether (sulfide) groups is 1. The first-order valence-corrected chi connectivity index (χ1v) is 16.1. The summed E-state index contributed by atoms with van der Waals surface area (Å²) in [6.45, 7) is 10.3. The van der Waals surface area contributed by atoms with Gasteiger partial charge in [0.05, 0.1) is 11.2 Å². The zero-order valence-corrected chi connectivity index (χ0v) is 27.2. The Morgan fingerprint density at radius 1 is 1.09 bits per heavy atom. The van der Waals surface area contributed by atoms with Crippen LogP contribution in [0.25, 0.3) is 17.1 Å². The molecule has 1 aromatic heterocycles. The predicted octanol–water partition coefficient (Wildman–Crippen LogP) is 8.43. The van der Waals surface area contributed by atoms with Gasteiger partial charge in [0, 0.05) is 23.0 Å². The van der Waals surface area contributed by atoms with E-state index in [0.717, 1.165) is 41.8 Å². The number of hydrogen-bond donors (Lipinski definition) is 1. The van der Waals surface area contributed by atoms with E-state index >= 15 is 0 Å². The van der Waals surface area contributed by atoms with Crippen LogP contribution in [0.2, 0.25) is 0 Å². The Labute approximate surface area is 271 Å². The summed E-state index contributed by atoms with van der Waals surface area (Å²) in [6, 6.07) is 19.2. The minimum Gasteiger partial charge on any atom is -0.406 e. The van der Waals surface area contributed by atoms with Gasteiger partial charge in [-0.15, -0.1) is 18.3 Å². The fourth-order valence-electron chi connectivity index (χ4n) is 5.32. The fourth-order valence-corrected chi connectivity index (χ4v) is 6.53. The highest BCUT2D eigenvalue weighted by Gasteiger charge is 2.31. The van der Waals surface area contributed by atoms with E-state index in [1.165, 1.54) is 46.4 Å². The van der Waals surface area contributed by atoms with Gasteiger partial charge in [0.1, 0.15) is 12.1 Å². The first kappa shape index (κ1) is 33.1. The Hall–Kier alpha value is -4.32. The number of amides is 2. The molecule has 0 bridgehead atoms. The summed E-state index contributed by atoms with van der Waals surface area (Å²) >= 11 is 1.60. The number of benzene rings is 3. The van der Waals surface area contributed by atoms with Gasteiger partial charge < -0.3 is 15.0 Å². The maximum absolute atomic E-state index is 13.4. The number of aryl methyl sites for hydroxylation is 2. The number of anilines is 1. The molecular weight excluding hydrogens is 613 g/mol. The molecule has 1 saturated heterocycles. The second-order valence-corrected chi connectivity index (χ2v) is 12.9. The van der Waals surface area contributed by atoms with Crippen LogP contribution in [0.15, 0.2) is 78.0 Å². The molecule has 2 heterocycles. The molecule has 4 aromatic rings. The van der Waals surface area contributed by atoms with Crippen molar-refractivity contribution in [3.05, 3.63) is 89.7 Å². The monoisotopic (exact) mass is 650 g/mol. The van der Waals surface area contributed by atoms with Crippen molar-refractivity contribution in [1.82, 2.24) is 20.1 Å². The third kappa shape index (κ3) is 7.90. The second-order valence-electron chi connectivity index (χ2n) is 11.8. The van der Waals surface area contributed by atoms with Gasteiger partial charge in [-0.3, -0.25) is 0 Å². The third-order valence-electron chi connectivity index (χ3n) is 7.74. The number of amidine groups is 1. The number of carbonyl (C=O) groups is 1. The van der Waals surface area contributed by atoms with Crippen LogP contribution in [-0.4, -0.2) is 44.1 Å². The van der Waals surface area contributed by atoms with E-state index < -0.39 is 17.9 Å². The Kier molecular flexibility index (Phi) is 9.76. The first-order valence-electron chi connectivity index (χ1n) is 15.1. The van der Waals surface area contributed by atoms with E-state index in [0.29, 0.717) is 16.7 Å². The number of rotatable bonds is 8. The highest BCUT2D eigenvalue weighted by atomic mass is 32.2. The number of halogens is 3. The van der Waals surface area contributed by atoms with Crippen molar-refractivity contribution < 1.29 is 22.7 Å². The maximum Gasteiger partial charge on any atom is 0.573 e. The molecule has 12 heteroatoms. The summed E-state index contributed by atoms with van der Waals surface area (Å²) < 4.78 is 42.8. The summed E-state index contributed by atoms with van der Waals surface area (Å²) in [6.07, 6.45) is -0.287. The summed E-state index contributed by atoms with van der Waals surface area (Å²) in [5.74, 6) is 1.02. The molecular formula is C34H37F3N6O2S. The van der Waals surface area contributed by atoms with Gasteiger partial charge in [-0.2, -0.15) is 4.99 Å². The largest absolute Gasteiger partial charge is 0.573 e. The summed E-state index contributed by atoms with van der Waals surface area (Å²) in [4.78, 5) is 24.5. The first-order chi connectivity index (χ1) is 21.8. The lowest BCUT2D eigenvalue weighted by Crippen LogP contribution is -2.44. The Bertz CT molecular complexity index is 1700. The van der Waals surface area contributed by atoms with Crippen LogP contribution in [0.3, 0.4) is 0 Å². The van der Waals surface area contributed by atoms with Crippen molar-refractivity contribution >= 4 is 28.6 Å². The number of hydrogen-bond acceptors (Lipinski definition) is 5. The highest BCUT2D eigenvalue weighted by molar-refractivity contribution is 8.14. The lowest BCUT2D eigenvalue weighted by molar-refractivity contribution is -0.274. The molecule has 0 aliphatic carbocycles. The van der Waals surface area contributed by atoms with Crippen molar-refractivity contribution in [3.63, 3.8) is 0 Å². The number of aromatic nitrogens is 3. The van der Waals surface area contributed by atoms with Crippen LogP contribution in [-0.2, 0) is 12.0 Å². The minimum atomic E-state index is -4.76. The lowest BCUT2D eigenvalue weighted by atomic mass is 9.93. The standard InChI is InChI=1S/C34H37F3N6O2S/c1-6-7-24-9-8-22(2)20-29(24)43-23(3)18-19-46-32(43)39-31(44)40-33(4,5)26-12-10-25(11-13-26)30-38-21-42(41-30)27-14-16-28(17-15-27)45-34(35,36)37/h8-17,20-21,23H,6-7,18-19H2,1-5H3,(H,40,44). The van der Waals surface area contributed by atoms with Gasteiger partial charge >= 0.3 is 12.4 Å². The number of nitrogens with one attached hydrogen (secondary N) is 1. The van der Waals surface area contributed by atoms with Crippen LogP contribution in [0.1, 0.15) is 57.2 Å². The van der Waals surface area contributed by atoms with E-state index in [1.54, 1.807) is 11.8 Å². The number of alkyl halides is 3. The molecule has 1 aliphatic heterocycles. The predicted molar refractivity (Wildman–Crippen MR) is 177 cm³/mol. The quantitative estimate of drug-likeness (QED) is 0.206. The molecule has 1 atom stereocenters. The molecule has 1 aliphatic rings. The van der Waals surface area contributed by atoms with Crippen molar-refractivity contribution in [3.8, 4) is 22.8 Å². The van der Waals surface area contributed by atoms with Crippen LogP contribution in [0, 0.1) is 6.92 Å². The Balaban J connectivity index is 1.29. The molecule has 1 unspecified atom stereocenters. The summed E-state index contributed by atoms with van der Waals surface area (Å²) in [7, 11) is 0. The van der Waals surface area contributed by atoms with Crippen LogP contribution < -0.4 is 15.0 Å². The molecule has 0 radical (unpaired) electrons. The molecule has 8 nitrogen and oxygen atoms in total. The van der Waals surface area contributed by atoms with E-state index in [1.807, 2.05) is 38.1 Å². The lowest BCUT2D eigenvalue weighted by Gasteiger charge is -2.37. The number of aliphatic imine (C=N–C) groups is 1. The molecule has 3 aromatic carbocycles. The minimum absolute atomic E-state index is 0.214. The zero-order valence-electron chi connectivity index (χ0n) is 26.4. The van der Waals surface area contributed by atoms with Crippen LogP contribution >= 0.6 is 11.8 Å². The molecule has 0 spiro atoms. The van der Waals surface area contributed by atoms with Gasteiger partial charge in [0.25, 0.3) is 0 Å². The zero-order chi connectivity index (χ0) is 33.1. The van der Waals surface area contributed by atoms with E-state index in [2.05, 4.69) is 69.0 Å². The van der Waals surface area contributed by atoms with Gasteiger partial charge in [-0.25, -0.2) is 14.5 Å². The smallest absolute Gasteiger partial charge is 0.406 e. The van der Waals surface area contributed by atoms with Gasteiger partial charge in [0.2, 0.25) is 0 Å². The average Bonchev–Trinajstić information content (AvgIpc) is 3.48. The highest BCUT2D eigenvalue weighted by Crippen LogP contribution is 2.33. The Morgan fingerprint density at radius 3 is 2.48 bits per heavy atom. The molecule has 1 N–H and O–H groups in total. The molecule has 5 rings (SSSR count). The number of ether oxygens (including phenoxy) is 1. The van der Waals surface area contributed by atoms with Gasteiger partial charge in [-0.05, 0) is 87.6 Å².